The lowest BCUT2D eigenvalue weighted by Crippen LogP contribution is -2.06. The molecule has 114 valence electrons. The van der Waals surface area contributed by atoms with Crippen molar-refractivity contribution in [2.75, 3.05) is 6.61 Å². The maximum absolute atomic E-state index is 11.4. The molecule has 0 amide bonds. The Morgan fingerprint density at radius 3 is 2.85 bits per heavy atom. The topological polar surface area (TPSA) is 59.7 Å². The van der Waals surface area contributed by atoms with Gasteiger partial charge in [-0.2, -0.15) is 0 Å². The molecule has 20 heavy (non-hydrogen) atoms. The summed E-state index contributed by atoms with van der Waals surface area (Å²) in [4.78, 5) is 11.4. The van der Waals surface area contributed by atoms with E-state index in [0.29, 0.717) is 25.2 Å². The van der Waals surface area contributed by atoms with Gasteiger partial charge in [-0.1, -0.05) is 26.2 Å². The maximum atomic E-state index is 11.4. The third-order valence-electron chi connectivity index (χ3n) is 3.24. The lowest BCUT2D eigenvalue weighted by atomic mass is 10.1. The van der Waals surface area contributed by atoms with Crippen LogP contribution in [0, 0.1) is 0 Å². The molecule has 1 aromatic heterocycles. The summed E-state index contributed by atoms with van der Waals surface area (Å²) in [5.41, 5.74) is 0. The molecule has 0 radical (unpaired) electrons. The van der Waals surface area contributed by atoms with Crippen molar-refractivity contribution in [2.45, 2.75) is 64.4 Å². The molecule has 0 aliphatic carbocycles. The van der Waals surface area contributed by atoms with Crippen LogP contribution < -0.4 is 0 Å². The summed E-state index contributed by atoms with van der Waals surface area (Å²) in [5.74, 6) is 0.456. The van der Waals surface area contributed by atoms with E-state index in [1.807, 2.05) is 0 Å². The van der Waals surface area contributed by atoms with Gasteiger partial charge in [0, 0.05) is 6.42 Å². The SMILES string of the molecule is CCCCCCOC(=O)CCCC[C@H](O)c1ccco1. The summed E-state index contributed by atoms with van der Waals surface area (Å²) in [5, 5.41) is 9.79. The van der Waals surface area contributed by atoms with Crippen LogP contribution >= 0.6 is 0 Å². The highest BCUT2D eigenvalue weighted by atomic mass is 16.5. The molecule has 0 aromatic carbocycles. The molecule has 4 nitrogen and oxygen atoms in total. The fraction of sp³-hybridized carbons (Fsp3) is 0.688. The molecular formula is C16H26O4. The van der Waals surface area contributed by atoms with Crippen LogP contribution in [0.1, 0.15) is 70.2 Å². The van der Waals surface area contributed by atoms with Crippen molar-refractivity contribution in [3.05, 3.63) is 24.2 Å². The minimum absolute atomic E-state index is 0.131. The molecule has 0 spiro atoms. The number of hydrogen-bond acceptors (Lipinski definition) is 4. The Labute approximate surface area is 121 Å². The lowest BCUT2D eigenvalue weighted by Gasteiger charge is -2.07. The van der Waals surface area contributed by atoms with Crippen molar-refractivity contribution < 1.29 is 19.1 Å². The molecular weight excluding hydrogens is 256 g/mol. The number of esters is 1. The molecule has 0 saturated heterocycles. The number of aliphatic hydroxyl groups is 1. The van der Waals surface area contributed by atoms with Crippen molar-refractivity contribution in [3.63, 3.8) is 0 Å². The van der Waals surface area contributed by atoms with Crippen LogP contribution in [0.4, 0.5) is 0 Å². The van der Waals surface area contributed by atoms with Gasteiger partial charge in [-0.15, -0.1) is 0 Å². The minimum atomic E-state index is -0.574. The Bertz CT molecular complexity index is 345. The van der Waals surface area contributed by atoms with Crippen LogP contribution in [0.3, 0.4) is 0 Å². The van der Waals surface area contributed by atoms with Gasteiger partial charge in [0.2, 0.25) is 0 Å². The molecule has 1 aromatic rings. The molecule has 0 unspecified atom stereocenters. The first-order valence-electron chi connectivity index (χ1n) is 7.61. The van der Waals surface area contributed by atoms with Crippen molar-refractivity contribution in [3.8, 4) is 0 Å². The average Bonchev–Trinajstić information content (AvgIpc) is 2.97. The molecule has 1 heterocycles. The highest BCUT2D eigenvalue weighted by Gasteiger charge is 2.10. The van der Waals surface area contributed by atoms with Crippen molar-refractivity contribution in [1.82, 2.24) is 0 Å². The van der Waals surface area contributed by atoms with E-state index < -0.39 is 6.10 Å². The van der Waals surface area contributed by atoms with E-state index in [1.54, 1.807) is 18.4 Å². The second-order valence-corrected chi connectivity index (χ2v) is 5.06. The van der Waals surface area contributed by atoms with Crippen molar-refractivity contribution in [1.29, 1.82) is 0 Å². The normalized spacial score (nSPS) is 12.3. The number of rotatable bonds is 11. The summed E-state index contributed by atoms with van der Waals surface area (Å²) < 4.78 is 10.3. The van der Waals surface area contributed by atoms with Crippen LogP contribution in [0.2, 0.25) is 0 Å². The number of unbranched alkanes of at least 4 members (excludes halogenated alkanes) is 4. The summed E-state index contributed by atoms with van der Waals surface area (Å²) in [7, 11) is 0. The fourth-order valence-corrected chi connectivity index (χ4v) is 2.02. The second-order valence-electron chi connectivity index (χ2n) is 5.06. The molecule has 0 aliphatic heterocycles. The number of furan rings is 1. The van der Waals surface area contributed by atoms with Crippen LogP contribution in [0.5, 0.6) is 0 Å². The van der Waals surface area contributed by atoms with E-state index in [2.05, 4.69) is 6.92 Å². The Morgan fingerprint density at radius 1 is 1.30 bits per heavy atom. The van der Waals surface area contributed by atoms with Gasteiger partial charge in [-0.25, -0.2) is 0 Å². The Hall–Kier alpha value is -1.29. The molecule has 1 rings (SSSR count). The first-order chi connectivity index (χ1) is 9.74. The Balaban J connectivity index is 1.96. The van der Waals surface area contributed by atoms with Crippen LogP contribution in [0.15, 0.2) is 22.8 Å². The van der Waals surface area contributed by atoms with E-state index in [9.17, 15) is 9.90 Å². The summed E-state index contributed by atoms with van der Waals surface area (Å²) in [6.07, 6.45) is 8.00. The van der Waals surface area contributed by atoms with Gasteiger partial charge in [0.15, 0.2) is 0 Å². The average molecular weight is 282 g/mol. The Kier molecular flexibility index (Phi) is 8.79. The lowest BCUT2D eigenvalue weighted by molar-refractivity contribution is -0.143. The van der Waals surface area contributed by atoms with Gasteiger partial charge in [0.25, 0.3) is 0 Å². The summed E-state index contributed by atoms with van der Waals surface area (Å²) in [6.45, 7) is 2.69. The van der Waals surface area contributed by atoms with Crippen molar-refractivity contribution >= 4 is 5.97 Å². The number of aliphatic hydroxyl groups excluding tert-OH is 1. The van der Waals surface area contributed by atoms with E-state index in [0.717, 1.165) is 25.7 Å². The summed E-state index contributed by atoms with van der Waals surface area (Å²) >= 11 is 0. The van der Waals surface area contributed by atoms with E-state index in [-0.39, 0.29) is 5.97 Å². The zero-order valence-corrected chi connectivity index (χ0v) is 12.3. The number of hydrogen-bond donors (Lipinski definition) is 1. The second kappa shape index (κ2) is 10.5. The predicted octanol–water partition coefficient (Wildman–Crippen LogP) is 4.00. The highest BCUT2D eigenvalue weighted by Crippen LogP contribution is 2.19. The molecule has 0 bridgehead atoms. The van der Waals surface area contributed by atoms with Gasteiger partial charge in [0.05, 0.1) is 12.9 Å². The standard InChI is InChI=1S/C16H26O4/c1-2-3-4-7-12-20-16(18)11-6-5-9-14(17)15-10-8-13-19-15/h8,10,13-14,17H,2-7,9,11-12H2,1H3/t14-/m0/s1. The van der Waals surface area contributed by atoms with Crippen molar-refractivity contribution in [2.24, 2.45) is 0 Å². The van der Waals surface area contributed by atoms with Gasteiger partial charge in [-0.05, 0) is 37.8 Å². The smallest absolute Gasteiger partial charge is 0.305 e. The van der Waals surface area contributed by atoms with Crippen LogP contribution in [0.25, 0.3) is 0 Å². The first-order valence-corrected chi connectivity index (χ1v) is 7.61. The Morgan fingerprint density at radius 2 is 2.15 bits per heavy atom. The van der Waals surface area contributed by atoms with E-state index in [1.165, 1.54) is 12.8 Å². The number of ether oxygens (including phenoxy) is 1. The van der Waals surface area contributed by atoms with Crippen LogP contribution in [-0.2, 0) is 9.53 Å². The van der Waals surface area contributed by atoms with Crippen LogP contribution in [-0.4, -0.2) is 17.7 Å². The van der Waals surface area contributed by atoms with Gasteiger partial charge in [0.1, 0.15) is 11.9 Å². The zero-order valence-electron chi connectivity index (χ0n) is 12.3. The zero-order chi connectivity index (χ0) is 14.6. The summed E-state index contributed by atoms with van der Waals surface area (Å²) in [6, 6.07) is 3.52. The quantitative estimate of drug-likeness (QED) is 0.492. The molecule has 4 heteroatoms. The van der Waals surface area contributed by atoms with Gasteiger partial charge in [-0.3, -0.25) is 4.79 Å². The first kappa shape index (κ1) is 16.8. The predicted molar refractivity (Wildman–Crippen MR) is 77.2 cm³/mol. The molecule has 0 fully saturated rings. The number of carbonyl (C=O) groups excluding carboxylic acids is 1. The number of carbonyl (C=O) groups is 1. The maximum Gasteiger partial charge on any atom is 0.305 e. The molecule has 1 N–H and O–H groups in total. The highest BCUT2D eigenvalue weighted by molar-refractivity contribution is 5.69. The minimum Gasteiger partial charge on any atom is -0.467 e. The fourth-order valence-electron chi connectivity index (χ4n) is 2.02. The third-order valence-corrected chi connectivity index (χ3v) is 3.24. The molecule has 0 saturated carbocycles. The van der Waals surface area contributed by atoms with Gasteiger partial charge < -0.3 is 14.3 Å². The molecule has 0 aliphatic rings. The van der Waals surface area contributed by atoms with E-state index in [4.69, 9.17) is 9.15 Å². The third kappa shape index (κ3) is 7.34. The molecule has 1 atom stereocenters. The van der Waals surface area contributed by atoms with Gasteiger partial charge >= 0.3 is 5.97 Å². The monoisotopic (exact) mass is 282 g/mol. The largest absolute Gasteiger partial charge is 0.467 e. The van der Waals surface area contributed by atoms with E-state index >= 15 is 0 Å².